The van der Waals surface area contributed by atoms with Gasteiger partial charge in [0.25, 0.3) is 0 Å². The molecule has 0 bridgehead atoms. The largest absolute Gasteiger partial charge is 0.390 e. The van der Waals surface area contributed by atoms with Gasteiger partial charge in [0.05, 0.1) is 5.60 Å². The Labute approximate surface area is 228 Å². The average Bonchev–Trinajstić information content (AvgIpc) is 3.39. The lowest BCUT2D eigenvalue weighted by Crippen LogP contribution is -2.45. The molecule has 1 aliphatic carbocycles. The second kappa shape index (κ2) is 12.8. The number of hydrogen-bond donors (Lipinski definition) is 1. The summed E-state index contributed by atoms with van der Waals surface area (Å²) in [5.74, 6) is 1.94. The highest BCUT2D eigenvalue weighted by molar-refractivity contribution is 7.97. The Bertz CT molecular complexity index is 1110. The molecule has 2 unspecified atom stereocenters. The summed E-state index contributed by atoms with van der Waals surface area (Å²) < 4.78 is 2.55. The number of nitrogens with zero attached hydrogens (tertiary/aromatic N) is 2. The molecule has 4 heteroatoms. The van der Waals surface area contributed by atoms with Crippen molar-refractivity contribution in [3.05, 3.63) is 83.9 Å². The van der Waals surface area contributed by atoms with E-state index in [0.29, 0.717) is 6.04 Å². The second-order valence-corrected chi connectivity index (χ2v) is 12.7. The van der Waals surface area contributed by atoms with Gasteiger partial charge in [0.1, 0.15) is 0 Å². The number of aryl methyl sites for hydroxylation is 2. The van der Waals surface area contributed by atoms with Crippen molar-refractivity contribution in [3.8, 4) is 0 Å². The fraction of sp³-hybridized carbons (Fsp3) is 0.515. The van der Waals surface area contributed by atoms with Crippen LogP contribution >= 0.6 is 11.9 Å². The molecule has 1 N–H and O–H groups in total. The first kappa shape index (κ1) is 26.7. The SMILES string of the molecule is CN(SCCc1cccc2ccccc12)C1CCC(CN2CCC(O)(CCCc3ccccc3)CC2)C1. The van der Waals surface area contributed by atoms with E-state index in [4.69, 9.17) is 0 Å². The molecule has 1 saturated heterocycles. The summed E-state index contributed by atoms with van der Waals surface area (Å²) in [5.41, 5.74) is 2.40. The molecule has 198 valence electrons. The third-order valence-electron chi connectivity index (χ3n) is 8.83. The van der Waals surface area contributed by atoms with Crippen LogP contribution in [0.1, 0.15) is 56.1 Å². The van der Waals surface area contributed by atoms with Crippen molar-refractivity contribution in [1.29, 1.82) is 0 Å². The van der Waals surface area contributed by atoms with Gasteiger partial charge in [0.15, 0.2) is 0 Å². The highest BCUT2D eigenvalue weighted by Gasteiger charge is 2.34. The minimum absolute atomic E-state index is 0.454. The first-order valence-corrected chi connectivity index (χ1v) is 15.3. The Morgan fingerprint density at radius 2 is 1.68 bits per heavy atom. The van der Waals surface area contributed by atoms with Crippen LogP contribution in [0, 0.1) is 5.92 Å². The van der Waals surface area contributed by atoms with Crippen LogP contribution in [0.25, 0.3) is 10.8 Å². The van der Waals surface area contributed by atoms with Crippen molar-refractivity contribution >= 4 is 22.7 Å². The average molecular weight is 517 g/mol. The first-order valence-electron chi connectivity index (χ1n) is 14.4. The molecule has 2 atom stereocenters. The Balaban J connectivity index is 0.996. The van der Waals surface area contributed by atoms with Gasteiger partial charge in [-0.3, -0.25) is 4.31 Å². The number of hydrogen-bond acceptors (Lipinski definition) is 4. The molecule has 2 fully saturated rings. The van der Waals surface area contributed by atoms with Gasteiger partial charge in [-0.2, -0.15) is 0 Å². The molecule has 2 aliphatic rings. The van der Waals surface area contributed by atoms with Gasteiger partial charge < -0.3 is 10.0 Å². The molecule has 0 spiro atoms. The monoisotopic (exact) mass is 516 g/mol. The fourth-order valence-electron chi connectivity index (χ4n) is 6.49. The lowest BCUT2D eigenvalue weighted by atomic mass is 9.85. The van der Waals surface area contributed by atoms with Crippen molar-refractivity contribution in [2.75, 3.05) is 32.4 Å². The smallest absolute Gasteiger partial charge is 0.0672 e. The van der Waals surface area contributed by atoms with Crippen LogP contribution in [0.4, 0.5) is 0 Å². The van der Waals surface area contributed by atoms with Gasteiger partial charge >= 0.3 is 0 Å². The van der Waals surface area contributed by atoms with E-state index in [2.05, 4.69) is 89.0 Å². The maximum absolute atomic E-state index is 11.1. The molecule has 3 nitrogen and oxygen atoms in total. The molecular formula is C33H44N2OS. The van der Waals surface area contributed by atoms with Gasteiger partial charge in [-0.05, 0) is 92.7 Å². The number of benzene rings is 3. The van der Waals surface area contributed by atoms with E-state index >= 15 is 0 Å². The predicted molar refractivity (Wildman–Crippen MR) is 159 cm³/mol. The van der Waals surface area contributed by atoms with Crippen molar-refractivity contribution in [2.45, 2.75) is 69.4 Å². The fourth-order valence-corrected chi connectivity index (χ4v) is 7.49. The highest BCUT2D eigenvalue weighted by Crippen LogP contribution is 2.34. The van der Waals surface area contributed by atoms with Crippen LogP contribution in [0.5, 0.6) is 0 Å². The molecule has 3 aromatic rings. The van der Waals surface area contributed by atoms with Crippen molar-refractivity contribution < 1.29 is 5.11 Å². The van der Waals surface area contributed by atoms with Crippen LogP contribution in [-0.2, 0) is 12.8 Å². The van der Waals surface area contributed by atoms with E-state index in [9.17, 15) is 5.11 Å². The predicted octanol–water partition coefficient (Wildman–Crippen LogP) is 6.98. The van der Waals surface area contributed by atoms with Crippen LogP contribution < -0.4 is 0 Å². The van der Waals surface area contributed by atoms with E-state index < -0.39 is 5.60 Å². The normalized spacial score (nSPS) is 22.1. The molecule has 0 radical (unpaired) electrons. The molecule has 0 amide bonds. The number of rotatable bonds is 11. The zero-order chi connectivity index (χ0) is 25.5. The summed E-state index contributed by atoms with van der Waals surface area (Å²) in [4.78, 5) is 2.63. The highest BCUT2D eigenvalue weighted by atomic mass is 32.2. The van der Waals surface area contributed by atoms with Crippen LogP contribution in [-0.4, -0.2) is 58.4 Å². The molecule has 37 heavy (non-hydrogen) atoms. The lowest BCUT2D eigenvalue weighted by molar-refractivity contribution is -0.0314. The van der Waals surface area contributed by atoms with Gasteiger partial charge in [-0.1, -0.05) is 84.7 Å². The molecule has 1 heterocycles. The second-order valence-electron chi connectivity index (χ2n) is 11.5. The zero-order valence-corrected chi connectivity index (χ0v) is 23.3. The third kappa shape index (κ3) is 7.38. The summed E-state index contributed by atoms with van der Waals surface area (Å²) in [6, 6.07) is 26.8. The minimum Gasteiger partial charge on any atom is -0.390 e. The van der Waals surface area contributed by atoms with E-state index in [0.717, 1.165) is 63.3 Å². The van der Waals surface area contributed by atoms with Crippen molar-refractivity contribution in [1.82, 2.24) is 9.21 Å². The van der Waals surface area contributed by atoms with Gasteiger partial charge in [-0.15, -0.1) is 0 Å². The Hall–Kier alpha value is -1.85. The molecule has 1 aliphatic heterocycles. The summed E-state index contributed by atoms with van der Waals surface area (Å²) >= 11 is 2.02. The summed E-state index contributed by atoms with van der Waals surface area (Å²) in [6.45, 7) is 3.32. The Morgan fingerprint density at radius 1 is 0.919 bits per heavy atom. The molecule has 3 aromatic carbocycles. The van der Waals surface area contributed by atoms with Crippen LogP contribution in [0.15, 0.2) is 72.8 Å². The van der Waals surface area contributed by atoms with Crippen molar-refractivity contribution in [3.63, 3.8) is 0 Å². The van der Waals surface area contributed by atoms with E-state index in [1.165, 1.54) is 47.7 Å². The quantitative estimate of drug-likeness (QED) is 0.278. The number of fused-ring (bicyclic) bond motifs is 1. The maximum Gasteiger partial charge on any atom is 0.0672 e. The van der Waals surface area contributed by atoms with E-state index in [-0.39, 0.29) is 0 Å². The molecular weight excluding hydrogens is 472 g/mol. The first-order chi connectivity index (χ1) is 18.1. The summed E-state index contributed by atoms with van der Waals surface area (Å²) in [7, 11) is 2.30. The third-order valence-corrected chi connectivity index (χ3v) is 9.92. The maximum atomic E-state index is 11.1. The number of likely N-dealkylation sites (tertiary alicyclic amines) is 1. The Kier molecular flexibility index (Phi) is 9.25. The summed E-state index contributed by atoms with van der Waals surface area (Å²) in [6.07, 6.45) is 10.0. The standard InChI is InChI=1S/C33H44N2OS/c1-34(37-24-18-30-14-7-13-29-12-5-6-15-32(29)30)31-17-16-28(25-31)26-35-22-20-33(36,21-23-35)19-8-11-27-9-3-2-4-10-27/h2-7,9-10,12-15,28,31,36H,8,11,16-26H2,1H3. The minimum atomic E-state index is -0.454. The zero-order valence-electron chi connectivity index (χ0n) is 22.5. The van der Waals surface area contributed by atoms with Gasteiger partial charge in [-0.25, -0.2) is 0 Å². The van der Waals surface area contributed by atoms with E-state index in [1.807, 2.05) is 11.9 Å². The van der Waals surface area contributed by atoms with E-state index in [1.54, 1.807) is 0 Å². The Morgan fingerprint density at radius 3 is 2.51 bits per heavy atom. The molecule has 1 saturated carbocycles. The molecule has 5 rings (SSSR count). The van der Waals surface area contributed by atoms with Crippen LogP contribution in [0.2, 0.25) is 0 Å². The van der Waals surface area contributed by atoms with Gasteiger partial charge in [0.2, 0.25) is 0 Å². The van der Waals surface area contributed by atoms with Gasteiger partial charge in [0, 0.05) is 31.4 Å². The van der Waals surface area contributed by atoms with Crippen LogP contribution in [0.3, 0.4) is 0 Å². The topological polar surface area (TPSA) is 26.7 Å². The number of aliphatic hydroxyl groups is 1. The number of piperidine rings is 1. The lowest BCUT2D eigenvalue weighted by Gasteiger charge is -2.39. The van der Waals surface area contributed by atoms with Crippen molar-refractivity contribution in [2.24, 2.45) is 5.92 Å². The summed E-state index contributed by atoms with van der Waals surface area (Å²) in [5, 5.41) is 13.9. The molecule has 0 aromatic heterocycles.